The topological polar surface area (TPSA) is 126 Å². The minimum atomic E-state index is -4.57. The summed E-state index contributed by atoms with van der Waals surface area (Å²) >= 11 is 0. The molecule has 1 N–H and O–H groups in total. The third-order valence-electron chi connectivity index (χ3n) is 10.7. The van der Waals surface area contributed by atoms with E-state index >= 15 is 0 Å². The fraction of sp³-hybridized carbons (Fsp3) is 0.410. The van der Waals surface area contributed by atoms with E-state index in [2.05, 4.69) is 39.4 Å². The Bertz CT molecular complexity index is 1950. The summed E-state index contributed by atoms with van der Waals surface area (Å²) in [7, 11) is 0. The Morgan fingerprint density at radius 3 is 2.15 bits per heavy atom. The molecule has 3 saturated heterocycles. The zero-order valence-electron chi connectivity index (χ0n) is 29.0. The molecular weight excluding hydrogens is 689 g/mol. The van der Waals surface area contributed by atoms with E-state index in [1.165, 1.54) is 11.6 Å². The average Bonchev–Trinajstić information content (AvgIpc) is 3.41. The Labute approximate surface area is 304 Å². The van der Waals surface area contributed by atoms with Gasteiger partial charge in [0, 0.05) is 63.6 Å². The van der Waals surface area contributed by atoms with Gasteiger partial charge in [-0.1, -0.05) is 12.1 Å². The molecule has 0 saturated carbocycles. The van der Waals surface area contributed by atoms with Crippen molar-refractivity contribution < 1.29 is 37.1 Å². The van der Waals surface area contributed by atoms with Crippen molar-refractivity contribution in [2.45, 2.75) is 50.2 Å². The number of piperazine rings is 1. The Morgan fingerprint density at radius 1 is 0.792 bits per heavy atom. The standard InChI is InChI=1S/C39H39F3N6O5/c40-39(41,42)33-22-29(7-4-27(33)24-43)46-15-12-26(13-16-46)25-2-5-28(6-3-25)47-19-17-45(18-20-47)14-1-21-53-30-8-9-31-32(23-30)38(52)48(37(31)51)34-10-11-35(49)44-36(34)50/h2-9,22-23,26,34H,1,10-21H2,(H,44,49,50). The molecule has 14 heteroatoms. The third-order valence-corrected chi connectivity index (χ3v) is 10.7. The fourth-order valence-corrected chi connectivity index (χ4v) is 7.74. The molecule has 1 unspecified atom stereocenters. The maximum atomic E-state index is 13.5. The highest BCUT2D eigenvalue weighted by molar-refractivity contribution is 6.23. The quantitative estimate of drug-likeness (QED) is 0.241. The Kier molecular flexibility index (Phi) is 10.1. The zero-order chi connectivity index (χ0) is 37.3. The van der Waals surface area contributed by atoms with Gasteiger partial charge in [0.05, 0.1) is 34.9 Å². The number of alkyl halides is 3. The predicted molar refractivity (Wildman–Crippen MR) is 189 cm³/mol. The first-order valence-corrected chi connectivity index (χ1v) is 17.9. The van der Waals surface area contributed by atoms with Crippen molar-refractivity contribution in [2.75, 3.05) is 62.2 Å². The predicted octanol–water partition coefficient (Wildman–Crippen LogP) is 4.95. The maximum absolute atomic E-state index is 13.5. The summed E-state index contributed by atoms with van der Waals surface area (Å²) in [4.78, 5) is 57.5. The molecule has 1 atom stereocenters. The number of ether oxygens (including phenoxy) is 1. The summed E-state index contributed by atoms with van der Waals surface area (Å²) in [6.45, 7) is 6.12. The van der Waals surface area contributed by atoms with Crippen molar-refractivity contribution in [3.8, 4) is 11.8 Å². The van der Waals surface area contributed by atoms with Crippen LogP contribution in [0.3, 0.4) is 0 Å². The number of anilines is 2. The molecule has 3 aromatic carbocycles. The highest BCUT2D eigenvalue weighted by Gasteiger charge is 2.44. The largest absolute Gasteiger partial charge is 0.494 e. The van der Waals surface area contributed by atoms with Gasteiger partial charge in [-0.15, -0.1) is 0 Å². The van der Waals surface area contributed by atoms with Gasteiger partial charge in [-0.3, -0.25) is 34.3 Å². The molecule has 4 heterocycles. The SMILES string of the molecule is N#Cc1ccc(N2CCC(c3ccc(N4CCN(CCCOc5ccc6c(c5)C(=O)N(C5CCC(=O)NC5=O)C6=O)CC4)cc3)CC2)cc1C(F)(F)F. The summed E-state index contributed by atoms with van der Waals surface area (Å²) in [5.41, 5.74) is 2.04. The molecule has 276 valence electrons. The van der Waals surface area contributed by atoms with E-state index in [9.17, 15) is 32.3 Å². The van der Waals surface area contributed by atoms with E-state index in [1.807, 2.05) is 4.90 Å². The number of carbonyl (C=O) groups is 4. The van der Waals surface area contributed by atoms with Gasteiger partial charge in [0.15, 0.2) is 0 Å². The van der Waals surface area contributed by atoms with Crippen LogP contribution in [0.4, 0.5) is 24.5 Å². The van der Waals surface area contributed by atoms with Crippen molar-refractivity contribution >= 4 is 35.0 Å². The van der Waals surface area contributed by atoms with Gasteiger partial charge in [0.1, 0.15) is 11.8 Å². The Morgan fingerprint density at radius 2 is 1.47 bits per heavy atom. The number of carbonyl (C=O) groups excluding carboxylic acids is 4. The molecule has 7 rings (SSSR count). The highest BCUT2D eigenvalue weighted by atomic mass is 19.4. The van der Waals surface area contributed by atoms with Crippen LogP contribution in [0.1, 0.15) is 75.4 Å². The molecule has 4 aliphatic rings. The highest BCUT2D eigenvalue weighted by Crippen LogP contribution is 2.37. The van der Waals surface area contributed by atoms with Crippen molar-refractivity contribution in [3.63, 3.8) is 0 Å². The number of rotatable bonds is 9. The lowest BCUT2D eigenvalue weighted by Gasteiger charge is -2.36. The number of hydrogen-bond acceptors (Lipinski definition) is 9. The van der Waals surface area contributed by atoms with E-state index in [-0.39, 0.29) is 29.5 Å². The van der Waals surface area contributed by atoms with Gasteiger partial charge in [-0.2, -0.15) is 18.4 Å². The minimum absolute atomic E-state index is 0.0651. The summed E-state index contributed by atoms with van der Waals surface area (Å²) in [6, 6.07) is 18.0. The smallest absolute Gasteiger partial charge is 0.417 e. The monoisotopic (exact) mass is 728 g/mol. The molecule has 0 aliphatic carbocycles. The van der Waals surface area contributed by atoms with Gasteiger partial charge in [0.2, 0.25) is 11.8 Å². The first kappa shape index (κ1) is 36.0. The number of piperidine rings is 2. The number of nitrogens with one attached hydrogen (secondary N) is 1. The van der Waals surface area contributed by atoms with Crippen LogP contribution in [0.5, 0.6) is 5.75 Å². The summed E-state index contributed by atoms with van der Waals surface area (Å²) in [5, 5.41) is 11.3. The molecule has 11 nitrogen and oxygen atoms in total. The van der Waals surface area contributed by atoms with E-state index in [0.717, 1.165) is 68.6 Å². The molecule has 3 aromatic rings. The van der Waals surface area contributed by atoms with Gasteiger partial charge in [-0.25, -0.2) is 0 Å². The van der Waals surface area contributed by atoms with Crippen LogP contribution in [0.15, 0.2) is 60.7 Å². The third kappa shape index (κ3) is 7.57. The molecule has 0 spiro atoms. The number of nitrogens with zero attached hydrogens (tertiary/aromatic N) is 5. The molecular formula is C39H39F3N6O5. The number of amides is 4. The van der Waals surface area contributed by atoms with Gasteiger partial charge < -0.3 is 14.5 Å². The minimum Gasteiger partial charge on any atom is -0.494 e. The normalized spacial score (nSPS) is 20.0. The van der Waals surface area contributed by atoms with Crippen LogP contribution < -0.4 is 19.9 Å². The van der Waals surface area contributed by atoms with E-state index in [1.54, 1.807) is 30.3 Å². The molecule has 4 aliphatic heterocycles. The summed E-state index contributed by atoms with van der Waals surface area (Å²) in [6.07, 6.45) is -1.97. The van der Waals surface area contributed by atoms with Gasteiger partial charge in [-0.05, 0) is 85.7 Å². The number of halogens is 3. The lowest BCUT2D eigenvalue weighted by Crippen LogP contribution is -2.54. The molecule has 53 heavy (non-hydrogen) atoms. The van der Waals surface area contributed by atoms with E-state index in [0.29, 0.717) is 37.1 Å². The van der Waals surface area contributed by atoms with Crippen LogP contribution in [-0.4, -0.2) is 91.9 Å². The zero-order valence-corrected chi connectivity index (χ0v) is 29.0. The molecule has 0 aromatic heterocycles. The number of imide groups is 2. The van der Waals surface area contributed by atoms with E-state index < -0.39 is 41.4 Å². The Hall–Kier alpha value is -5.42. The van der Waals surface area contributed by atoms with Crippen LogP contribution >= 0.6 is 0 Å². The van der Waals surface area contributed by atoms with Crippen molar-refractivity contribution in [1.29, 1.82) is 5.26 Å². The van der Waals surface area contributed by atoms with Gasteiger partial charge in [0.25, 0.3) is 11.8 Å². The molecule has 4 amide bonds. The van der Waals surface area contributed by atoms with Crippen molar-refractivity contribution in [2.24, 2.45) is 0 Å². The van der Waals surface area contributed by atoms with Crippen molar-refractivity contribution in [3.05, 3.63) is 88.5 Å². The lowest BCUT2D eigenvalue weighted by atomic mass is 9.89. The van der Waals surface area contributed by atoms with E-state index in [4.69, 9.17) is 10.00 Å². The second-order valence-corrected chi connectivity index (χ2v) is 13.9. The Balaban J connectivity index is 0.837. The summed E-state index contributed by atoms with van der Waals surface area (Å²) < 4.78 is 46.3. The fourth-order valence-electron chi connectivity index (χ4n) is 7.74. The van der Waals surface area contributed by atoms with Crippen LogP contribution in [-0.2, 0) is 15.8 Å². The number of hydrogen-bond donors (Lipinski definition) is 1. The molecule has 0 bridgehead atoms. The second-order valence-electron chi connectivity index (χ2n) is 13.9. The first-order valence-electron chi connectivity index (χ1n) is 17.9. The lowest BCUT2D eigenvalue weighted by molar-refractivity contribution is -0.138. The number of nitriles is 1. The second kappa shape index (κ2) is 14.9. The maximum Gasteiger partial charge on any atom is 0.417 e. The van der Waals surface area contributed by atoms with Crippen LogP contribution in [0.25, 0.3) is 0 Å². The molecule has 3 fully saturated rings. The molecule has 0 radical (unpaired) electrons. The van der Waals surface area contributed by atoms with Crippen molar-refractivity contribution in [1.82, 2.24) is 15.1 Å². The summed E-state index contributed by atoms with van der Waals surface area (Å²) in [5.74, 6) is -1.37. The number of fused-ring (bicyclic) bond motifs is 1. The van der Waals surface area contributed by atoms with Crippen LogP contribution in [0, 0.1) is 11.3 Å². The average molecular weight is 729 g/mol. The first-order chi connectivity index (χ1) is 25.5. The van der Waals surface area contributed by atoms with Crippen LogP contribution in [0.2, 0.25) is 0 Å². The number of benzene rings is 3. The van der Waals surface area contributed by atoms with Gasteiger partial charge >= 0.3 is 6.18 Å².